The van der Waals surface area contributed by atoms with Crippen LogP contribution in [0, 0.1) is 0 Å². The molecule has 1 aromatic carbocycles. The Morgan fingerprint density at radius 3 is 2.83 bits per heavy atom. The first-order valence-corrected chi connectivity index (χ1v) is 9.68. The second-order valence-corrected chi connectivity index (χ2v) is 6.34. The number of nitrogens with one attached hydrogen (secondary N) is 1. The molecule has 0 saturated heterocycles. The molecule has 8 heteroatoms. The molecule has 0 aliphatic carbocycles. The average molecular weight is 395 g/mol. The fourth-order valence-corrected chi connectivity index (χ4v) is 3.28. The summed E-state index contributed by atoms with van der Waals surface area (Å²) in [5.41, 5.74) is 3.70. The van der Waals surface area contributed by atoms with Crippen LogP contribution in [0.1, 0.15) is 36.7 Å². The van der Waals surface area contributed by atoms with Gasteiger partial charge in [0.15, 0.2) is 5.65 Å². The smallest absolute Gasteiger partial charge is 0.325 e. The first-order chi connectivity index (χ1) is 14.1. The number of pyridine rings is 1. The number of hydrogen-bond acceptors (Lipinski definition) is 6. The Balaban J connectivity index is 0.00000117. The lowest BCUT2D eigenvalue weighted by Gasteiger charge is -2.14. The Morgan fingerprint density at radius 2 is 2.07 bits per heavy atom. The van der Waals surface area contributed by atoms with Crippen molar-refractivity contribution in [1.29, 1.82) is 0 Å². The monoisotopic (exact) mass is 395 g/mol. The minimum atomic E-state index is -0.403. The van der Waals surface area contributed by atoms with Crippen LogP contribution in [0.5, 0.6) is 0 Å². The number of esters is 1. The van der Waals surface area contributed by atoms with E-state index in [1.807, 2.05) is 45.2 Å². The predicted octanol–water partition coefficient (Wildman–Crippen LogP) is 3.26. The number of fused-ring (bicyclic) bond motifs is 2. The lowest BCUT2D eigenvalue weighted by Crippen LogP contribution is -2.31. The Labute approximate surface area is 169 Å². The van der Waals surface area contributed by atoms with Crippen molar-refractivity contribution in [2.45, 2.75) is 27.3 Å². The third-order valence-corrected chi connectivity index (χ3v) is 4.49. The molecule has 1 amide bonds. The number of carbonyl (C=O) groups excluding carboxylic acids is 2. The summed E-state index contributed by atoms with van der Waals surface area (Å²) >= 11 is 0. The molecule has 1 N–H and O–H groups in total. The molecule has 152 valence electrons. The van der Waals surface area contributed by atoms with E-state index in [1.54, 1.807) is 24.0 Å². The third-order valence-electron chi connectivity index (χ3n) is 4.49. The zero-order valence-corrected chi connectivity index (χ0v) is 17.1. The molecular weight excluding hydrogens is 370 g/mol. The third kappa shape index (κ3) is 4.06. The van der Waals surface area contributed by atoms with Gasteiger partial charge in [0.05, 0.1) is 35.9 Å². The van der Waals surface area contributed by atoms with Crippen molar-refractivity contribution in [3.63, 3.8) is 0 Å². The quantitative estimate of drug-likeness (QED) is 0.667. The molecular formula is C21H25N5O3. The predicted molar refractivity (Wildman–Crippen MR) is 111 cm³/mol. The summed E-state index contributed by atoms with van der Waals surface area (Å²) in [5, 5.41) is 8.37. The SMILES string of the molecule is CC.CCOC(=O)CN1Cc2cccc(Nc3cnc4c(cnn4C)c3)c2C1=O. The highest BCUT2D eigenvalue weighted by atomic mass is 16.5. The van der Waals surface area contributed by atoms with Gasteiger partial charge < -0.3 is 15.0 Å². The van der Waals surface area contributed by atoms with Gasteiger partial charge in [-0.3, -0.25) is 14.3 Å². The number of aryl methyl sites for hydroxylation is 1. The number of rotatable bonds is 5. The van der Waals surface area contributed by atoms with Gasteiger partial charge in [-0.15, -0.1) is 0 Å². The van der Waals surface area contributed by atoms with Crippen LogP contribution in [0.15, 0.2) is 36.7 Å². The van der Waals surface area contributed by atoms with Crippen LogP contribution >= 0.6 is 0 Å². The van der Waals surface area contributed by atoms with Crippen LogP contribution in [0.25, 0.3) is 11.0 Å². The van der Waals surface area contributed by atoms with Gasteiger partial charge in [0.2, 0.25) is 0 Å². The van der Waals surface area contributed by atoms with Crippen LogP contribution in [-0.2, 0) is 23.1 Å². The number of hydrogen-bond donors (Lipinski definition) is 1. The molecule has 3 aromatic rings. The van der Waals surface area contributed by atoms with Crippen LogP contribution in [-0.4, -0.2) is 44.7 Å². The van der Waals surface area contributed by atoms with Gasteiger partial charge in [-0.05, 0) is 24.6 Å². The highest BCUT2D eigenvalue weighted by Crippen LogP contribution is 2.31. The van der Waals surface area contributed by atoms with Crippen LogP contribution in [0.2, 0.25) is 0 Å². The Bertz CT molecular complexity index is 1040. The summed E-state index contributed by atoms with van der Waals surface area (Å²) in [6.07, 6.45) is 3.45. The molecule has 1 aliphatic rings. The van der Waals surface area contributed by atoms with Gasteiger partial charge >= 0.3 is 5.97 Å². The van der Waals surface area contributed by atoms with Crippen molar-refractivity contribution in [3.05, 3.63) is 47.8 Å². The van der Waals surface area contributed by atoms with Crippen LogP contribution in [0.4, 0.5) is 11.4 Å². The van der Waals surface area contributed by atoms with E-state index in [9.17, 15) is 9.59 Å². The molecule has 3 heterocycles. The van der Waals surface area contributed by atoms with Gasteiger partial charge in [-0.2, -0.15) is 5.10 Å². The number of ether oxygens (including phenoxy) is 1. The standard InChI is InChI=1S/C19H19N5O3.C2H6/c1-3-27-16(25)11-24-10-12-5-4-6-15(17(12)19(24)26)22-14-7-13-8-21-23(2)18(13)20-9-14;1-2/h4-9,22H,3,10-11H2,1-2H3;1-2H3. The van der Waals surface area contributed by atoms with Crippen molar-refractivity contribution in [1.82, 2.24) is 19.7 Å². The summed E-state index contributed by atoms with van der Waals surface area (Å²) < 4.78 is 6.66. The van der Waals surface area contributed by atoms with E-state index in [-0.39, 0.29) is 12.5 Å². The summed E-state index contributed by atoms with van der Waals surface area (Å²) in [6, 6.07) is 7.56. The summed E-state index contributed by atoms with van der Waals surface area (Å²) in [7, 11) is 1.84. The maximum absolute atomic E-state index is 12.8. The van der Waals surface area contributed by atoms with Crippen LogP contribution < -0.4 is 5.32 Å². The second kappa shape index (κ2) is 8.72. The van der Waals surface area contributed by atoms with Gasteiger partial charge in [-0.25, -0.2) is 4.98 Å². The fraction of sp³-hybridized carbons (Fsp3) is 0.333. The van der Waals surface area contributed by atoms with E-state index in [0.717, 1.165) is 22.3 Å². The average Bonchev–Trinajstić information content (AvgIpc) is 3.24. The number of nitrogens with zero attached hydrogens (tertiary/aromatic N) is 4. The summed E-state index contributed by atoms with van der Waals surface area (Å²) in [6.45, 7) is 6.38. The highest BCUT2D eigenvalue weighted by molar-refractivity contribution is 6.05. The van der Waals surface area contributed by atoms with Crippen molar-refractivity contribution in [2.24, 2.45) is 7.05 Å². The zero-order valence-electron chi connectivity index (χ0n) is 17.1. The molecule has 0 bridgehead atoms. The molecule has 0 unspecified atom stereocenters. The topological polar surface area (TPSA) is 89.3 Å². The van der Waals surface area contributed by atoms with E-state index in [2.05, 4.69) is 15.4 Å². The molecule has 0 spiro atoms. The summed E-state index contributed by atoms with van der Waals surface area (Å²) in [5.74, 6) is -0.587. The number of benzene rings is 1. The van der Waals surface area contributed by atoms with Gasteiger partial charge in [-0.1, -0.05) is 26.0 Å². The second-order valence-electron chi connectivity index (χ2n) is 6.34. The van der Waals surface area contributed by atoms with Crippen LogP contribution in [0.3, 0.4) is 0 Å². The molecule has 1 aliphatic heterocycles. The maximum atomic E-state index is 12.8. The van der Waals surface area contributed by atoms with Gasteiger partial charge in [0.1, 0.15) is 6.54 Å². The molecule has 2 aromatic heterocycles. The molecule has 0 radical (unpaired) electrons. The van der Waals surface area contributed by atoms with E-state index in [0.29, 0.717) is 24.4 Å². The van der Waals surface area contributed by atoms with Gasteiger partial charge in [0.25, 0.3) is 5.91 Å². The van der Waals surface area contributed by atoms with Crippen molar-refractivity contribution in [2.75, 3.05) is 18.5 Å². The van der Waals surface area contributed by atoms with E-state index < -0.39 is 5.97 Å². The first kappa shape index (κ1) is 20.3. The number of aromatic nitrogens is 3. The minimum absolute atomic E-state index is 0.0516. The van der Waals surface area contributed by atoms with Crippen molar-refractivity contribution < 1.29 is 14.3 Å². The Morgan fingerprint density at radius 1 is 1.28 bits per heavy atom. The molecule has 0 atom stereocenters. The minimum Gasteiger partial charge on any atom is -0.465 e. The maximum Gasteiger partial charge on any atom is 0.325 e. The fourth-order valence-electron chi connectivity index (χ4n) is 3.28. The van der Waals surface area contributed by atoms with E-state index in [1.165, 1.54) is 4.90 Å². The van der Waals surface area contributed by atoms with Gasteiger partial charge in [0, 0.05) is 19.0 Å². The largest absolute Gasteiger partial charge is 0.465 e. The van der Waals surface area contributed by atoms with E-state index >= 15 is 0 Å². The number of amides is 1. The van der Waals surface area contributed by atoms with E-state index in [4.69, 9.17) is 4.74 Å². The molecule has 0 saturated carbocycles. The highest BCUT2D eigenvalue weighted by Gasteiger charge is 2.31. The lowest BCUT2D eigenvalue weighted by molar-refractivity contribution is -0.143. The number of carbonyl (C=O) groups is 2. The first-order valence-electron chi connectivity index (χ1n) is 9.68. The van der Waals surface area contributed by atoms with Crippen molar-refractivity contribution >= 4 is 34.3 Å². The zero-order chi connectivity index (χ0) is 21.0. The normalized spacial score (nSPS) is 12.4. The van der Waals surface area contributed by atoms with Crippen molar-refractivity contribution in [3.8, 4) is 0 Å². The molecule has 8 nitrogen and oxygen atoms in total. The Kier molecular flexibility index (Phi) is 6.11. The molecule has 0 fully saturated rings. The number of anilines is 2. The lowest BCUT2D eigenvalue weighted by atomic mass is 10.1. The molecule has 29 heavy (non-hydrogen) atoms. The Hall–Kier alpha value is -3.42. The summed E-state index contributed by atoms with van der Waals surface area (Å²) in [4.78, 5) is 30.5. The molecule has 4 rings (SSSR count).